The average molecular weight is 316 g/mol. The molecule has 23 heavy (non-hydrogen) atoms. The Balaban J connectivity index is 1.56. The Morgan fingerprint density at radius 3 is 2.70 bits per heavy atom. The van der Waals surface area contributed by atoms with E-state index >= 15 is 0 Å². The summed E-state index contributed by atoms with van der Waals surface area (Å²) in [5, 5.41) is 9.02. The molecular weight excluding hydrogens is 296 g/mol. The lowest BCUT2D eigenvalue weighted by Gasteiger charge is -2.34. The van der Waals surface area contributed by atoms with Gasteiger partial charge in [0.15, 0.2) is 0 Å². The van der Waals surface area contributed by atoms with Gasteiger partial charge in [-0.25, -0.2) is 14.8 Å². The topological polar surface area (TPSA) is 85.6 Å². The highest BCUT2D eigenvalue weighted by molar-refractivity contribution is 5.75. The van der Waals surface area contributed by atoms with Gasteiger partial charge in [0, 0.05) is 51.5 Å². The molecule has 1 aromatic heterocycles. The van der Waals surface area contributed by atoms with Crippen molar-refractivity contribution < 1.29 is 9.53 Å². The van der Waals surface area contributed by atoms with Crippen LogP contribution in [-0.4, -0.2) is 83.1 Å². The van der Waals surface area contributed by atoms with Crippen LogP contribution < -0.4 is 4.74 Å². The molecule has 0 aromatic carbocycles. The third kappa shape index (κ3) is 3.51. The zero-order chi connectivity index (χ0) is 16.2. The normalized spacial score (nSPS) is 22.0. The minimum atomic E-state index is -0.143. The highest BCUT2D eigenvalue weighted by Gasteiger charge is 2.32. The number of nitrogens with zero attached hydrogens (tertiary/aromatic N) is 6. The van der Waals surface area contributed by atoms with Gasteiger partial charge in [-0.1, -0.05) is 0 Å². The molecule has 3 heterocycles. The van der Waals surface area contributed by atoms with Crippen LogP contribution in [0.25, 0.3) is 0 Å². The van der Waals surface area contributed by atoms with Crippen LogP contribution in [0.15, 0.2) is 12.4 Å². The van der Waals surface area contributed by atoms with Crippen LogP contribution in [0.2, 0.25) is 0 Å². The number of amides is 2. The average Bonchev–Trinajstić information content (AvgIpc) is 3.04. The number of piperazine rings is 1. The van der Waals surface area contributed by atoms with Crippen LogP contribution in [0.1, 0.15) is 12.1 Å². The van der Waals surface area contributed by atoms with Gasteiger partial charge in [-0.3, -0.25) is 0 Å². The number of hydrogen-bond donors (Lipinski definition) is 0. The van der Waals surface area contributed by atoms with Crippen LogP contribution in [0.4, 0.5) is 4.79 Å². The molecule has 122 valence electrons. The van der Waals surface area contributed by atoms with E-state index in [0.717, 1.165) is 32.6 Å². The number of urea groups is 1. The number of carbonyl (C=O) groups excluding carboxylic acids is 1. The van der Waals surface area contributed by atoms with E-state index < -0.39 is 0 Å². The standard InChI is InChI=1S/C15H20N6O2/c1-19-6-8-20(9-7-19)15(22)21-5-2-12(11-21)23-14-13(10-16)17-3-4-18-14/h3-4,12H,2,5-9,11H2,1H3/t12-/m0/s1. The first-order valence-corrected chi connectivity index (χ1v) is 7.77. The van der Waals surface area contributed by atoms with E-state index in [0.29, 0.717) is 13.1 Å². The summed E-state index contributed by atoms with van der Waals surface area (Å²) in [5.41, 5.74) is 0.177. The van der Waals surface area contributed by atoms with Gasteiger partial charge in [0.2, 0.25) is 5.69 Å². The first kappa shape index (κ1) is 15.5. The van der Waals surface area contributed by atoms with Crippen LogP contribution in [0.5, 0.6) is 5.88 Å². The third-order valence-electron chi connectivity index (χ3n) is 4.24. The monoisotopic (exact) mass is 316 g/mol. The second-order valence-electron chi connectivity index (χ2n) is 5.87. The highest BCUT2D eigenvalue weighted by atomic mass is 16.5. The number of likely N-dealkylation sites (N-methyl/N-ethyl adjacent to an activating group) is 1. The highest BCUT2D eigenvalue weighted by Crippen LogP contribution is 2.19. The summed E-state index contributed by atoms with van der Waals surface area (Å²) >= 11 is 0. The van der Waals surface area contributed by atoms with Gasteiger partial charge in [0.25, 0.3) is 5.88 Å². The molecule has 8 heteroatoms. The Labute approximate surface area is 135 Å². The van der Waals surface area contributed by atoms with Crippen molar-refractivity contribution in [3.8, 4) is 11.9 Å². The first-order valence-electron chi connectivity index (χ1n) is 7.77. The zero-order valence-electron chi connectivity index (χ0n) is 13.2. The molecule has 8 nitrogen and oxygen atoms in total. The summed E-state index contributed by atoms with van der Waals surface area (Å²) in [4.78, 5) is 26.4. The lowest BCUT2D eigenvalue weighted by molar-refractivity contribution is 0.123. The van der Waals surface area contributed by atoms with Crippen molar-refractivity contribution in [3.63, 3.8) is 0 Å². The molecule has 1 atom stereocenters. The maximum Gasteiger partial charge on any atom is 0.320 e. The second-order valence-corrected chi connectivity index (χ2v) is 5.87. The summed E-state index contributed by atoms with van der Waals surface area (Å²) < 4.78 is 5.77. The molecule has 0 N–H and O–H groups in total. The van der Waals surface area contributed by atoms with Gasteiger partial charge in [-0.2, -0.15) is 5.26 Å². The summed E-state index contributed by atoms with van der Waals surface area (Å²) in [5.74, 6) is 0.244. The molecule has 0 radical (unpaired) electrons. The summed E-state index contributed by atoms with van der Waals surface area (Å²) in [6.45, 7) is 4.53. The molecular formula is C15H20N6O2. The molecule has 0 aliphatic carbocycles. The molecule has 0 unspecified atom stereocenters. The van der Waals surface area contributed by atoms with Crippen molar-refractivity contribution in [1.29, 1.82) is 5.26 Å². The minimum Gasteiger partial charge on any atom is -0.470 e. The predicted molar refractivity (Wildman–Crippen MR) is 81.8 cm³/mol. The van der Waals surface area contributed by atoms with Crippen molar-refractivity contribution >= 4 is 6.03 Å². The van der Waals surface area contributed by atoms with Crippen molar-refractivity contribution in [3.05, 3.63) is 18.1 Å². The Morgan fingerprint density at radius 2 is 1.96 bits per heavy atom. The smallest absolute Gasteiger partial charge is 0.320 e. The van der Waals surface area contributed by atoms with Crippen LogP contribution in [-0.2, 0) is 0 Å². The van der Waals surface area contributed by atoms with Crippen molar-refractivity contribution in [2.45, 2.75) is 12.5 Å². The summed E-state index contributed by atoms with van der Waals surface area (Å²) in [6, 6.07) is 2.04. The van der Waals surface area contributed by atoms with E-state index in [1.807, 2.05) is 15.9 Å². The minimum absolute atomic E-state index is 0.0730. The molecule has 0 saturated carbocycles. The molecule has 0 spiro atoms. The quantitative estimate of drug-likeness (QED) is 0.773. The van der Waals surface area contributed by atoms with Gasteiger partial charge >= 0.3 is 6.03 Å². The summed E-state index contributed by atoms with van der Waals surface area (Å²) in [7, 11) is 2.06. The predicted octanol–water partition coefficient (Wildman–Crippen LogP) is 0.169. The van der Waals surface area contributed by atoms with E-state index in [-0.39, 0.29) is 23.7 Å². The van der Waals surface area contributed by atoms with Crippen molar-refractivity contribution in [1.82, 2.24) is 24.7 Å². The molecule has 2 amide bonds. The molecule has 0 bridgehead atoms. The van der Waals surface area contributed by atoms with Gasteiger partial charge in [-0.05, 0) is 7.05 Å². The largest absolute Gasteiger partial charge is 0.470 e. The molecule has 2 aliphatic heterocycles. The van der Waals surface area contributed by atoms with Crippen LogP contribution >= 0.6 is 0 Å². The van der Waals surface area contributed by atoms with E-state index in [1.54, 1.807) is 0 Å². The van der Waals surface area contributed by atoms with Crippen LogP contribution in [0.3, 0.4) is 0 Å². The first-order chi connectivity index (χ1) is 11.2. The van der Waals surface area contributed by atoms with E-state index in [1.165, 1.54) is 12.4 Å². The number of aromatic nitrogens is 2. The van der Waals surface area contributed by atoms with Gasteiger partial charge in [0.05, 0.1) is 6.54 Å². The fourth-order valence-corrected chi connectivity index (χ4v) is 2.84. The molecule has 2 aliphatic rings. The lowest BCUT2D eigenvalue weighted by atomic mass is 10.3. The maximum absolute atomic E-state index is 12.5. The molecule has 1 aromatic rings. The fourth-order valence-electron chi connectivity index (χ4n) is 2.84. The SMILES string of the molecule is CN1CCN(C(=O)N2CC[C@H](Oc3nccnc3C#N)C2)CC1. The number of rotatable bonds is 2. The lowest BCUT2D eigenvalue weighted by Crippen LogP contribution is -2.51. The fraction of sp³-hybridized carbons (Fsp3) is 0.600. The van der Waals surface area contributed by atoms with Crippen LogP contribution in [0, 0.1) is 11.3 Å². The number of ether oxygens (including phenoxy) is 1. The van der Waals surface area contributed by atoms with Gasteiger partial charge in [-0.15, -0.1) is 0 Å². The van der Waals surface area contributed by atoms with E-state index in [9.17, 15) is 4.79 Å². The Bertz CT molecular complexity index is 608. The maximum atomic E-state index is 12.5. The number of hydrogen-bond acceptors (Lipinski definition) is 6. The number of carbonyl (C=O) groups is 1. The third-order valence-corrected chi connectivity index (χ3v) is 4.24. The molecule has 2 saturated heterocycles. The summed E-state index contributed by atoms with van der Waals surface area (Å²) in [6.07, 6.45) is 3.55. The van der Waals surface area contributed by atoms with Gasteiger partial charge < -0.3 is 19.4 Å². The van der Waals surface area contributed by atoms with Crippen molar-refractivity contribution in [2.24, 2.45) is 0 Å². The molecule has 3 rings (SSSR count). The second kappa shape index (κ2) is 6.79. The zero-order valence-corrected chi connectivity index (χ0v) is 13.2. The Hall–Kier alpha value is -2.40. The van der Waals surface area contributed by atoms with E-state index in [2.05, 4.69) is 21.9 Å². The molecule has 2 fully saturated rings. The van der Waals surface area contributed by atoms with E-state index in [4.69, 9.17) is 10.00 Å². The number of nitriles is 1. The Kier molecular flexibility index (Phi) is 4.57. The van der Waals surface area contributed by atoms with Crippen molar-refractivity contribution in [2.75, 3.05) is 46.3 Å². The number of likely N-dealkylation sites (tertiary alicyclic amines) is 1. The Morgan fingerprint density at radius 1 is 1.22 bits per heavy atom. The van der Waals surface area contributed by atoms with Gasteiger partial charge in [0.1, 0.15) is 12.2 Å².